The second-order valence-corrected chi connectivity index (χ2v) is 4.70. The molecular weight excluding hydrogens is 250 g/mol. The number of carbonyl (C=O) groups excluding carboxylic acids is 1. The molecule has 0 saturated heterocycles. The molecule has 1 aromatic heterocycles. The van der Waals surface area contributed by atoms with Gasteiger partial charge in [0.05, 0.1) is 6.61 Å². The first-order valence-corrected chi connectivity index (χ1v) is 7.21. The molecule has 0 saturated carbocycles. The molecule has 0 aliphatic rings. The first-order chi connectivity index (χ1) is 8.71. The van der Waals surface area contributed by atoms with E-state index < -0.39 is 0 Å². The molecule has 0 bridgehead atoms. The molecule has 6 heteroatoms. The summed E-state index contributed by atoms with van der Waals surface area (Å²) in [5.74, 6) is 0.653. The Morgan fingerprint density at radius 3 is 2.72 bits per heavy atom. The Balaban J connectivity index is 2.67. The van der Waals surface area contributed by atoms with E-state index in [1.54, 1.807) is 0 Å². The van der Waals surface area contributed by atoms with E-state index in [2.05, 4.69) is 23.2 Å². The van der Waals surface area contributed by atoms with E-state index in [-0.39, 0.29) is 12.5 Å². The Morgan fingerprint density at radius 2 is 2.11 bits per heavy atom. The first-order valence-electron chi connectivity index (χ1n) is 6.44. The topological polar surface area (TPSA) is 55.3 Å². The van der Waals surface area contributed by atoms with Crippen molar-refractivity contribution >= 4 is 22.6 Å². The molecule has 0 aliphatic heterocycles. The molecule has 5 nitrogen and oxygen atoms in total. The van der Waals surface area contributed by atoms with Gasteiger partial charge in [0.15, 0.2) is 0 Å². The smallest absolute Gasteiger partial charge is 0.325 e. The maximum absolute atomic E-state index is 11.5. The predicted octanol–water partition coefficient (Wildman–Crippen LogP) is 2.27. The Labute approximate surface area is 112 Å². The minimum Gasteiger partial charge on any atom is -0.465 e. The molecule has 0 spiro atoms. The second kappa shape index (κ2) is 8.02. The SMILES string of the molecule is CCCc1nsc(N(CCC)CC(=O)OCC)n1. The van der Waals surface area contributed by atoms with Gasteiger partial charge in [-0.3, -0.25) is 4.79 Å². The van der Waals surface area contributed by atoms with Crippen LogP contribution in [0.25, 0.3) is 0 Å². The largest absolute Gasteiger partial charge is 0.465 e. The van der Waals surface area contributed by atoms with Crippen molar-refractivity contribution in [2.75, 3.05) is 24.6 Å². The summed E-state index contributed by atoms with van der Waals surface area (Å²) in [6.45, 7) is 7.44. The monoisotopic (exact) mass is 271 g/mol. The van der Waals surface area contributed by atoms with Crippen LogP contribution in [0, 0.1) is 0 Å². The molecule has 0 N–H and O–H groups in total. The highest BCUT2D eigenvalue weighted by Gasteiger charge is 2.15. The Kier molecular flexibility index (Phi) is 6.64. The summed E-state index contributed by atoms with van der Waals surface area (Å²) < 4.78 is 9.27. The predicted molar refractivity (Wildman–Crippen MR) is 73.0 cm³/mol. The number of nitrogens with zero attached hydrogens (tertiary/aromatic N) is 3. The number of hydrogen-bond donors (Lipinski definition) is 0. The minimum absolute atomic E-state index is 0.210. The third kappa shape index (κ3) is 4.60. The van der Waals surface area contributed by atoms with E-state index in [0.29, 0.717) is 6.61 Å². The Hall–Kier alpha value is -1.17. The third-order valence-electron chi connectivity index (χ3n) is 2.32. The van der Waals surface area contributed by atoms with Gasteiger partial charge >= 0.3 is 5.97 Å². The van der Waals surface area contributed by atoms with E-state index in [4.69, 9.17) is 4.74 Å². The molecule has 102 valence electrons. The van der Waals surface area contributed by atoms with E-state index in [0.717, 1.165) is 36.8 Å². The van der Waals surface area contributed by atoms with Gasteiger partial charge in [0, 0.05) is 24.5 Å². The van der Waals surface area contributed by atoms with E-state index >= 15 is 0 Å². The first kappa shape index (κ1) is 14.9. The second-order valence-electron chi connectivity index (χ2n) is 3.97. The van der Waals surface area contributed by atoms with Gasteiger partial charge in [0.2, 0.25) is 5.13 Å². The lowest BCUT2D eigenvalue weighted by Crippen LogP contribution is -2.31. The fourth-order valence-electron chi connectivity index (χ4n) is 1.57. The van der Waals surface area contributed by atoms with Crippen LogP contribution in [0.2, 0.25) is 0 Å². The highest BCUT2D eigenvalue weighted by atomic mass is 32.1. The molecule has 1 heterocycles. The van der Waals surface area contributed by atoms with Crippen LogP contribution >= 0.6 is 11.5 Å². The normalized spacial score (nSPS) is 10.4. The van der Waals surface area contributed by atoms with E-state index in [9.17, 15) is 4.79 Å². The maximum Gasteiger partial charge on any atom is 0.325 e. The van der Waals surface area contributed by atoms with Crippen molar-refractivity contribution in [2.45, 2.75) is 40.0 Å². The molecule has 0 aliphatic carbocycles. The quantitative estimate of drug-likeness (QED) is 0.679. The van der Waals surface area contributed by atoms with Gasteiger partial charge in [-0.2, -0.15) is 4.37 Å². The van der Waals surface area contributed by atoms with Crippen molar-refractivity contribution in [3.05, 3.63) is 5.82 Å². The number of carbonyl (C=O) groups is 1. The maximum atomic E-state index is 11.5. The Bertz CT molecular complexity index is 368. The summed E-state index contributed by atoms with van der Waals surface area (Å²) in [4.78, 5) is 17.9. The molecule has 18 heavy (non-hydrogen) atoms. The van der Waals surface area contributed by atoms with Crippen LogP contribution < -0.4 is 4.90 Å². The number of aryl methyl sites for hydroxylation is 1. The summed E-state index contributed by atoms with van der Waals surface area (Å²) in [6.07, 6.45) is 2.87. The van der Waals surface area contributed by atoms with Crippen molar-refractivity contribution in [3.8, 4) is 0 Å². The highest BCUT2D eigenvalue weighted by Crippen LogP contribution is 2.18. The fraction of sp³-hybridized carbons (Fsp3) is 0.750. The molecule has 0 radical (unpaired) electrons. The molecule has 1 aromatic rings. The summed E-state index contributed by atoms with van der Waals surface area (Å²) in [5, 5.41) is 0.813. The van der Waals surface area contributed by atoms with Gasteiger partial charge in [-0.05, 0) is 19.8 Å². The molecule has 0 amide bonds. The van der Waals surface area contributed by atoms with Crippen molar-refractivity contribution in [1.82, 2.24) is 9.36 Å². The van der Waals surface area contributed by atoms with Crippen molar-refractivity contribution < 1.29 is 9.53 Å². The lowest BCUT2D eigenvalue weighted by Gasteiger charge is -2.19. The number of esters is 1. The number of anilines is 1. The fourth-order valence-corrected chi connectivity index (χ4v) is 2.31. The van der Waals surface area contributed by atoms with Crippen LogP contribution in [0.3, 0.4) is 0 Å². The number of hydrogen-bond acceptors (Lipinski definition) is 6. The van der Waals surface area contributed by atoms with Crippen molar-refractivity contribution in [1.29, 1.82) is 0 Å². The molecular formula is C12H21N3O2S. The highest BCUT2D eigenvalue weighted by molar-refractivity contribution is 7.09. The van der Waals surface area contributed by atoms with Gasteiger partial charge in [-0.25, -0.2) is 4.98 Å². The summed E-state index contributed by atoms with van der Waals surface area (Å²) in [5.41, 5.74) is 0. The molecule has 0 aromatic carbocycles. The van der Waals surface area contributed by atoms with Gasteiger partial charge in [0.25, 0.3) is 0 Å². The van der Waals surface area contributed by atoms with Gasteiger partial charge in [0.1, 0.15) is 12.4 Å². The summed E-state index contributed by atoms with van der Waals surface area (Å²) >= 11 is 1.35. The molecule has 0 fully saturated rings. The van der Waals surface area contributed by atoms with Crippen LogP contribution in [0.15, 0.2) is 0 Å². The zero-order chi connectivity index (χ0) is 13.4. The average Bonchev–Trinajstić information content (AvgIpc) is 2.78. The standard InChI is InChI=1S/C12H21N3O2S/c1-4-7-10-13-12(18-14-10)15(8-5-2)9-11(16)17-6-3/h4-9H2,1-3H3. The van der Waals surface area contributed by atoms with Crippen molar-refractivity contribution in [3.63, 3.8) is 0 Å². The van der Waals surface area contributed by atoms with Gasteiger partial charge in [-0.1, -0.05) is 13.8 Å². The van der Waals surface area contributed by atoms with Crippen LogP contribution in [-0.4, -0.2) is 35.0 Å². The average molecular weight is 271 g/mol. The molecule has 0 unspecified atom stereocenters. The zero-order valence-electron chi connectivity index (χ0n) is 11.3. The van der Waals surface area contributed by atoms with Crippen LogP contribution in [0.1, 0.15) is 39.4 Å². The lowest BCUT2D eigenvalue weighted by molar-refractivity contribution is -0.141. The van der Waals surface area contributed by atoms with Gasteiger partial charge in [-0.15, -0.1) is 0 Å². The third-order valence-corrected chi connectivity index (χ3v) is 3.14. The Morgan fingerprint density at radius 1 is 1.33 bits per heavy atom. The van der Waals surface area contributed by atoms with Crippen LogP contribution in [0.5, 0.6) is 0 Å². The number of ether oxygens (including phenoxy) is 1. The van der Waals surface area contributed by atoms with Crippen molar-refractivity contribution in [2.24, 2.45) is 0 Å². The summed E-state index contributed by atoms with van der Waals surface area (Å²) in [7, 11) is 0. The number of rotatable bonds is 8. The molecule has 0 atom stereocenters. The van der Waals surface area contributed by atoms with Crippen LogP contribution in [0.4, 0.5) is 5.13 Å². The van der Waals surface area contributed by atoms with E-state index in [1.807, 2.05) is 11.8 Å². The van der Waals surface area contributed by atoms with Crippen LogP contribution in [-0.2, 0) is 16.0 Å². The van der Waals surface area contributed by atoms with E-state index in [1.165, 1.54) is 11.5 Å². The minimum atomic E-state index is -0.210. The zero-order valence-corrected chi connectivity index (χ0v) is 12.1. The lowest BCUT2D eigenvalue weighted by atomic mass is 10.3. The number of aromatic nitrogens is 2. The molecule has 1 rings (SSSR count). The van der Waals surface area contributed by atoms with Gasteiger partial charge < -0.3 is 9.64 Å². The summed E-state index contributed by atoms with van der Waals surface area (Å²) in [6, 6.07) is 0.